The lowest BCUT2D eigenvalue weighted by Crippen LogP contribution is -2.37. The van der Waals surface area contributed by atoms with Crippen molar-refractivity contribution in [3.05, 3.63) is 42.0 Å². The van der Waals surface area contributed by atoms with Crippen LogP contribution in [0.15, 0.2) is 36.4 Å². The summed E-state index contributed by atoms with van der Waals surface area (Å²) in [7, 11) is 0. The first-order valence-electron chi connectivity index (χ1n) is 10.2. The molecule has 1 heterocycles. The van der Waals surface area contributed by atoms with Gasteiger partial charge in [0, 0.05) is 43.6 Å². The van der Waals surface area contributed by atoms with Crippen molar-refractivity contribution >= 4 is 16.7 Å². The lowest BCUT2D eigenvalue weighted by molar-refractivity contribution is -0.120. The number of aliphatic hydroxyl groups is 1. The fourth-order valence-corrected chi connectivity index (χ4v) is 3.26. The standard InChI is InChI=1S/C24H30N2O3/c1-24(2,3)10-8-19-15-21(14-18-6-4-5-7-22(18)19)29-17-20(27)16-26-12-9-23(28)25-11-13-26/h4-7,14-15,20,27H,9,11-13,16-17H2,1-3H3,(H,25,28). The minimum atomic E-state index is -0.626. The van der Waals surface area contributed by atoms with Gasteiger partial charge in [-0.15, -0.1) is 0 Å². The second kappa shape index (κ2) is 9.30. The number of carbonyl (C=O) groups is 1. The molecule has 1 atom stereocenters. The summed E-state index contributed by atoms with van der Waals surface area (Å²) in [5.41, 5.74) is 0.844. The van der Waals surface area contributed by atoms with Crippen LogP contribution in [0.5, 0.6) is 5.75 Å². The van der Waals surface area contributed by atoms with E-state index in [1.54, 1.807) is 0 Å². The van der Waals surface area contributed by atoms with E-state index in [4.69, 9.17) is 4.74 Å². The molecule has 1 aliphatic heterocycles. The number of hydrogen-bond donors (Lipinski definition) is 2. The molecule has 1 saturated heterocycles. The van der Waals surface area contributed by atoms with Crippen molar-refractivity contribution in [1.82, 2.24) is 10.2 Å². The van der Waals surface area contributed by atoms with Gasteiger partial charge in [0.05, 0.1) is 0 Å². The summed E-state index contributed by atoms with van der Waals surface area (Å²) in [4.78, 5) is 13.5. The average molecular weight is 395 g/mol. The van der Waals surface area contributed by atoms with Crippen LogP contribution >= 0.6 is 0 Å². The number of hydrogen-bond acceptors (Lipinski definition) is 4. The second-order valence-electron chi connectivity index (χ2n) is 8.56. The Morgan fingerprint density at radius 1 is 1.24 bits per heavy atom. The minimum Gasteiger partial charge on any atom is -0.491 e. The topological polar surface area (TPSA) is 61.8 Å². The molecular weight excluding hydrogens is 364 g/mol. The van der Waals surface area contributed by atoms with Crippen molar-refractivity contribution in [2.75, 3.05) is 32.8 Å². The Kier molecular flexibility index (Phi) is 6.79. The van der Waals surface area contributed by atoms with Crippen LogP contribution in [0.25, 0.3) is 10.8 Å². The third-order valence-electron chi connectivity index (χ3n) is 4.72. The SMILES string of the molecule is CC(C)(C)C#Cc1cc(OCC(O)CN2CCNC(=O)CC2)cc2ccccc12. The Labute approximate surface area is 173 Å². The van der Waals surface area contributed by atoms with E-state index in [1.807, 2.05) is 30.3 Å². The van der Waals surface area contributed by atoms with Gasteiger partial charge in [0.25, 0.3) is 0 Å². The molecule has 5 heteroatoms. The van der Waals surface area contributed by atoms with Crippen LogP contribution in [-0.4, -0.2) is 54.8 Å². The summed E-state index contributed by atoms with van der Waals surface area (Å²) in [6.07, 6.45) is -0.160. The fourth-order valence-electron chi connectivity index (χ4n) is 3.26. The van der Waals surface area contributed by atoms with Crippen LogP contribution < -0.4 is 10.1 Å². The molecule has 0 saturated carbocycles. The molecular formula is C24H30N2O3. The number of nitrogens with zero attached hydrogens (tertiary/aromatic N) is 1. The van der Waals surface area contributed by atoms with Crippen molar-refractivity contribution in [3.8, 4) is 17.6 Å². The monoisotopic (exact) mass is 394 g/mol. The largest absolute Gasteiger partial charge is 0.491 e. The number of fused-ring (bicyclic) bond motifs is 1. The van der Waals surface area contributed by atoms with Crippen LogP contribution in [-0.2, 0) is 4.79 Å². The number of aliphatic hydroxyl groups excluding tert-OH is 1. The zero-order valence-corrected chi connectivity index (χ0v) is 17.5. The van der Waals surface area contributed by atoms with Crippen molar-refractivity contribution in [2.24, 2.45) is 5.41 Å². The number of amides is 1. The van der Waals surface area contributed by atoms with Gasteiger partial charge in [-0.3, -0.25) is 9.69 Å². The molecule has 2 N–H and O–H groups in total. The third-order valence-corrected chi connectivity index (χ3v) is 4.72. The highest BCUT2D eigenvalue weighted by Crippen LogP contribution is 2.25. The fraction of sp³-hybridized carbons (Fsp3) is 0.458. The average Bonchev–Trinajstić information content (AvgIpc) is 2.88. The quantitative estimate of drug-likeness (QED) is 0.766. The van der Waals surface area contributed by atoms with Crippen molar-refractivity contribution < 1.29 is 14.6 Å². The van der Waals surface area contributed by atoms with Crippen LogP contribution in [0, 0.1) is 17.3 Å². The van der Waals surface area contributed by atoms with E-state index in [2.05, 4.69) is 48.9 Å². The van der Waals surface area contributed by atoms with Gasteiger partial charge in [-0.25, -0.2) is 0 Å². The van der Waals surface area contributed by atoms with E-state index >= 15 is 0 Å². The Morgan fingerprint density at radius 2 is 2.03 bits per heavy atom. The van der Waals surface area contributed by atoms with Crippen LogP contribution in [0.4, 0.5) is 0 Å². The summed E-state index contributed by atoms with van der Waals surface area (Å²) in [5, 5.41) is 15.4. The Bertz CT molecular complexity index is 921. The molecule has 29 heavy (non-hydrogen) atoms. The molecule has 2 aromatic rings. The third kappa shape index (κ3) is 6.49. The molecule has 1 aliphatic rings. The van der Waals surface area contributed by atoms with Crippen LogP contribution in [0.3, 0.4) is 0 Å². The maximum Gasteiger partial charge on any atom is 0.221 e. The molecule has 0 aliphatic carbocycles. The number of benzene rings is 2. The smallest absolute Gasteiger partial charge is 0.221 e. The molecule has 3 rings (SSSR count). The highest BCUT2D eigenvalue weighted by molar-refractivity contribution is 5.89. The van der Waals surface area contributed by atoms with E-state index in [0.29, 0.717) is 31.8 Å². The highest BCUT2D eigenvalue weighted by atomic mass is 16.5. The van der Waals surface area contributed by atoms with E-state index in [9.17, 15) is 9.90 Å². The Morgan fingerprint density at radius 3 is 2.83 bits per heavy atom. The zero-order valence-electron chi connectivity index (χ0n) is 17.5. The maximum atomic E-state index is 11.4. The minimum absolute atomic E-state index is 0.0679. The first kappa shape index (κ1) is 21.2. The number of β-amino-alcohol motifs (C(OH)–C–C–N with tert-alkyl or cyclic N) is 1. The normalized spacial score (nSPS) is 16.5. The molecule has 0 bridgehead atoms. The van der Waals surface area contributed by atoms with E-state index in [0.717, 1.165) is 22.9 Å². The number of nitrogens with one attached hydrogen (secondary N) is 1. The lowest BCUT2D eigenvalue weighted by atomic mass is 9.96. The van der Waals surface area contributed by atoms with Gasteiger partial charge < -0.3 is 15.2 Å². The highest BCUT2D eigenvalue weighted by Gasteiger charge is 2.17. The number of carbonyl (C=O) groups excluding carboxylic acids is 1. The van der Waals surface area contributed by atoms with Crippen molar-refractivity contribution in [1.29, 1.82) is 0 Å². The predicted molar refractivity (Wildman–Crippen MR) is 116 cm³/mol. The summed E-state index contributed by atoms with van der Waals surface area (Å²) >= 11 is 0. The van der Waals surface area contributed by atoms with Gasteiger partial charge >= 0.3 is 0 Å². The van der Waals surface area contributed by atoms with E-state index in [-0.39, 0.29) is 17.9 Å². The first-order valence-corrected chi connectivity index (χ1v) is 10.2. The molecule has 5 nitrogen and oxygen atoms in total. The summed E-state index contributed by atoms with van der Waals surface area (Å²) in [6.45, 7) is 8.96. The molecule has 0 spiro atoms. The van der Waals surface area contributed by atoms with Crippen molar-refractivity contribution in [3.63, 3.8) is 0 Å². The summed E-state index contributed by atoms with van der Waals surface area (Å²) in [6, 6.07) is 12.0. The maximum absolute atomic E-state index is 11.4. The molecule has 1 amide bonds. The molecule has 0 radical (unpaired) electrons. The second-order valence-corrected chi connectivity index (χ2v) is 8.56. The van der Waals surface area contributed by atoms with Gasteiger partial charge in [0.2, 0.25) is 5.91 Å². The van der Waals surface area contributed by atoms with Crippen LogP contribution in [0.1, 0.15) is 32.8 Å². The van der Waals surface area contributed by atoms with Gasteiger partial charge in [-0.2, -0.15) is 0 Å². The summed E-state index contributed by atoms with van der Waals surface area (Å²) < 4.78 is 5.92. The van der Waals surface area contributed by atoms with Gasteiger partial charge in [0.15, 0.2) is 0 Å². The number of rotatable bonds is 5. The van der Waals surface area contributed by atoms with E-state index < -0.39 is 6.10 Å². The lowest BCUT2D eigenvalue weighted by Gasteiger charge is -2.22. The molecule has 1 fully saturated rings. The van der Waals surface area contributed by atoms with Gasteiger partial charge in [-0.05, 0) is 43.7 Å². The van der Waals surface area contributed by atoms with Crippen molar-refractivity contribution in [2.45, 2.75) is 33.3 Å². The first-order chi connectivity index (χ1) is 13.8. The molecule has 0 aromatic heterocycles. The Hall–Kier alpha value is -2.55. The van der Waals surface area contributed by atoms with Gasteiger partial charge in [-0.1, -0.05) is 36.1 Å². The Balaban J connectivity index is 1.69. The van der Waals surface area contributed by atoms with E-state index in [1.165, 1.54) is 0 Å². The molecule has 1 unspecified atom stereocenters. The summed E-state index contributed by atoms with van der Waals surface area (Å²) in [5.74, 6) is 7.35. The van der Waals surface area contributed by atoms with Gasteiger partial charge in [0.1, 0.15) is 18.5 Å². The molecule has 154 valence electrons. The predicted octanol–water partition coefficient (Wildman–Crippen LogP) is 2.80. The number of ether oxygens (including phenoxy) is 1. The van der Waals surface area contributed by atoms with Crippen LogP contribution in [0.2, 0.25) is 0 Å². The molecule has 2 aromatic carbocycles. The zero-order chi connectivity index (χ0) is 20.9.